The fourth-order valence-corrected chi connectivity index (χ4v) is 1.17. The van der Waals surface area contributed by atoms with Crippen LogP contribution in [0.4, 0.5) is 4.79 Å². The van der Waals surface area contributed by atoms with Crippen LogP contribution in [0.1, 0.15) is 0 Å². The molecule has 0 bridgehead atoms. The van der Waals surface area contributed by atoms with Crippen LogP contribution in [0.2, 0.25) is 0 Å². The fourth-order valence-electron chi connectivity index (χ4n) is 1.17. The average molecular weight is 240 g/mol. The number of hydroxylamine groups is 2. The van der Waals surface area contributed by atoms with Gasteiger partial charge in [0.05, 0.1) is 6.54 Å². The summed E-state index contributed by atoms with van der Waals surface area (Å²) in [6, 6.07) is 8.30. The molecule has 0 saturated heterocycles. The van der Waals surface area contributed by atoms with Gasteiger partial charge in [-0.2, -0.15) is 0 Å². The number of amides is 2. The Bertz CT molecular complexity index is 345. The molecule has 94 valence electrons. The molecule has 1 rings (SSSR count). The number of benzene rings is 1. The lowest BCUT2D eigenvalue weighted by Gasteiger charge is -2.18. The first-order valence-corrected chi connectivity index (χ1v) is 5.17. The lowest BCUT2D eigenvalue weighted by molar-refractivity contribution is -0.0741. The third-order valence-corrected chi connectivity index (χ3v) is 2.02. The van der Waals surface area contributed by atoms with Gasteiger partial charge in [-0.3, -0.25) is 5.21 Å². The highest BCUT2D eigenvalue weighted by Crippen LogP contribution is 2.08. The molecule has 0 aromatic heterocycles. The lowest BCUT2D eigenvalue weighted by atomic mass is 10.3. The predicted octanol–water partition coefficient (Wildman–Crippen LogP) is 0.457. The maximum absolute atomic E-state index is 10.9. The second-order valence-corrected chi connectivity index (χ2v) is 3.42. The SMILES string of the molecule is CNC(=O)N(O)C[C@@H](O)COc1ccccc1. The van der Waals surface area contributed by atoms with Crippen LogP contribution in [0, 0.1) is 0 Å². The number of urea groups is 1. The second kappa shape index (κ2) is 6.72. The number of aliphatic hydroxyl groups excluding tert-OH is 1. The normalized spacial score (nSPS) is 11.7. The molecule has 0 radical (unpaired) electrons. The highest BCUT2D eigenvalue weighted by molar-refractivity contribution is 5.72. The Morgan fingerprint density at radius 3 is 2.71 bits per heavy atom. The van der Waals surface area contributed by atoms with Crippen LogP contribution in [0.5, 0.6) is 5.75 Å². The van der Waals surface area contributed by atoms with Gasteiger partial charge in [0.15, 0.2) is 0 Å². The summed E-state index contributed by atoms with van der Waals surface area (Å²) in [5, 5.41) is 21.3. The lowest BCUT2D eigenvalue weighted by Crippen LogP contribution is -2.41. The van der Waals surface area contributed by atoms with E-state index in [1.165, 1.54) is 7.05 Å². The van der Waals surface area contributed by atoms with Gasteiger partial charge in [-0.05, 0) is 12.1 Å². The zero-order chi connectivity index (χ0) is 12.7. The summed E-state index contributed by atoms with van der Waals surface area (Å²) >= 11 is 0. The number of rotatable bonds is 5. The van der Waals surface area contributed by atoms with E-state index >= 15 is 0 Å². The van der Waals surface area contributed by atoms with Gasteiger partial charge in [0.25, 0.3) is 0 Å². The predicted molar refractivity (Wildman–Crippen MR) is 60.9 cm³/mol. The molecular formula is C11H16N2O4. The summed E-state index contributed by atoms with van der Waals surface area (Å²) in [4.78, 5) is 10.9. The Labute approximate surface area is 99.4 Å². The Morgan fingerprint density at radius 1 is 1.47 bits per heavy atom. The number of carbonyl (C=O) groups is 1. The van der Waals surface area contributed by atoms with E-state index in [1.807, 2.05) is 18.2 Å². The van der Waals surface area contributed by atoms with Crippen molar-refractivity contribution in [1.82, 2.24) is 10.4 Å². The van der Waals surface area contributed by atoms with E-state index in [1.54, 1.807) is 12.1 Å². The van der Waals surface area contributed by atoms with E-state index in [4.69, 9.17) is 4.74 Å². The molecule has 6 nitrogen and oxygen atoms in total. The van der Waals surface area contributed by atoms with Gasteiger partial charge in [-0.25, -0.2) is 9.86 Å². The number of carbonyl (C=O) groups excluding carboxylic acids is 1. The van der Waals surface area contributed by atoms with Crippen molar-refractivity contribution in [3.8, 4) is 5.75 Å². The van der Waals surface area contributed by atoms with E-state index in [2.05, 4.69) is 5.32 Å². The smallest absolute Gasteiger partial charge is 0.340 e. The largest absolute Gasteiger partial charge is 0.491 e. The summed E-state index contributed by atoms with van der Waals surface area (Å²) in [7, 11) is 1.39. The van der Waals surface area contributed by atoms with E-state index in [9.17, 15) is 15.1 Å². The van der Waals surface area contributed by atoms with Gasteiger partial charge in [-0.1, -0.05) is 18.2 Å². The Balaban J connectivity index is 2.30. The number of hydrogen-bond donors (Lipinski definition) is 3. The van der Waals surface area contributed by atoms with Crippen LogP contribution >= 0.6 is 0 Å². The maximum Gasteiger partial charge on any atom is 0.340 e. The molecular weight excluding hydrogens is 224 g/mol. The van der Waals surface area contributed by atoms with Crippen LogP contribution in [-0.4, -0.2) is 47.7 Å². The highest BCUT2D eigenvalue weighted by Gasteiger charge is 2.14. The molecule has 0 aliphatic rings. The van der Waals surface area contributed by atoms with E-state index in [-0.39, 0.29) is 13.2 Å². The van der Waals surface area contributed by atoms with Crippen LogP contribution in [0.25, 0.3) is 0 Å². The van der Waals surface area contributed by atoms with Crippen molar-refractivity contribution in [3.05, 3.63) is 30.3 Å². The fraction of sp³-hybridized carbons (Fsp3) is 0.364. The van der Waals surface area contributed by atoms with Crippen LogP contribution in [-0.2, 0) is 0 Å². The molecule has 1 atom stereocenters. The molecule has 17 heavy (non-hydrogen) atoms. The van der Waals surface area contributed by atoms with E-state index in [0.29, 0.717) is 10.8 Å². The summed E-state index contributed by atoms with van der Waals surface area (Å²) < 4.78 is 5.26. The zero-order valence-corrected chi connectivity index (χ0v) is 9.54. The van der Waals surface area contributed by atoms with Crippen molar-refractivity contribution < 1.29 is 19.8 Å². The number of hydrogen-bond acceptors (Lipinski definition) is 4. The number of aliphatic hydroxyl groups is 1. The van der Waals surface area contributed by atoms with Gasteiger partial charge >= 0.3 is 6.03 Å². The van der Waals surface area contributed by atoms with Gasteiger partial charge < -0.3 is 15.2 Å². The molecule has 0 aliphatic carbocycles. The Kier molecular flexibility index (Phi) is 5.25. The van der Waals surface area contributed by atoms with Gasteiger partial charge in [0.2, 0.25) is 0 Å². The first-order chi connectivity index (χ1) is 8.13. The monoisotopic (exact) mass is 240 g/mol. The number of nitrogens with one attached hydrogen (secondary N) is 1. The number of ether oxygens (including phenoxy) is 1. The molecule has 0 unspecified atom stereocenters. The first kappa shape index (κ1) is 13.3. The number of para-hydroxylation sites is 1. The maximum atomic E-state index is 10.9. The summed E-state index contributed by atoms with van der Waals surface area (Å²) in [6.07, 6.45) is -0.961. The molecule has 3 N–H and O–H groups in total. The van der Waals surface area contributed by atoms with Crippen molar-refractivity contribution in [2.75, 3.05) is 20.2 Å². The van der Waals surface area contributed by atoms with Crippen molar-refractivity contribution in [3.63, 3.8) is 0 Å². The minimum atomic E-state index is -0.961. The van der Waals surface area contributed by atoms with Gasteiger partial charge in [0.1, 0.15) is 18.5 Å². The number of nitrogens with zero attached hydrogens (tertiary/aromatic N) is 1. The Hall–Kier alpha value is -1.79. The topological polar surface area (TPSA) is 82.0 Å². The molecule has 1 aromatic carbocycles. The third kappa shape index (κ3) is 4.71. The molecule has 0 heterocycles. The minimum absolute atomic E-state index is 0.00192. The quantitative estimate of drug-likeness (QED) is 0.515. The zero-order valence-electron chi connectivity index (χ0n) is 9.54. The minimum Gasteiger partial charge on any atom is -0.491 e. The van der Waals surface area contributed by atoms with E-state index < -0.39 is 12.1 Å². The molecule has 0 fully saturated rings. The molecule has 6 heteroatoms. The molecule has 0 spiro atoms. The Morgan fingerprint density at radius 2 is 2.12 bits per heavy atom. The van der Waals surface area contributed by atoms with E-state index in [0.717, 1.165) is 0 Å². The average Bonchev–Trinajstić information content (AvgIpc) is 2.36. The van der Waals surface area contributed by atoms with Crippen LogP contribution < -0.4 is 10.1 Å². The highest BCUT2D eigenvalue weighted by atomic mass is 16.5. The summed E-state index contributed by atoms with van der Waals surface area (Å²) in [5.74, 6) is 0.621. The molecule has 0 aliphatic heterocycles. The summed E-state index contributed by atoms with van der Waals surface area (Å²) in [6.45, 7) is -0.218. The second-order valence-electron chi connectivity index (χ2n) is 3.42. The molecule has 0 saturated carbocycles. The molecule has 2 amide bonds. The van der Waals surface area contributed by atoms with Crippen molar-refractivity contribution in [1.29, 1.82) is 0 Å². The first-order valence-electron chi connectivity index (χ1n) is 5.17. The van der Waals surface area contributed by atoms with Crippen LogP contribution in [0.3, 0.4) is 0 Å². The van der Waals surface area contributed by atoms with Gasteiger partial charge in [0, 0.05) is 7.05 Å². The standard InChI is InChI=1S/C11H16N2O4/c1-12-11(15)13(16)7-9(14)8-17-10-5-3-2-4-6-10/h2-6,9,14,16H,7-8H2,1H3,(H,12,15)/t9-/m1/s1. The third-order valence-electron chi connectivity index (χ3n) is 2.02. The van der Waals surface area contributed by atoms with Crippen LogP contribution in [0.15, 0.2) is 30.3 Å². The molecule has 1 aromatic rings. The van der Waals surface area contributed by atoms with Crippen molar-refractivity contribution in [2.24, 2.45) is 0 Å². The van der Waals surface area contributed by atoms with Crippen molar-refractivity contribution in [2.45, 2.75) is 6.10 Å². The summed E-state index contributed by atoms with van der Waals surface area (Å²) in [5.41, 5.74) is 0. The van der Waals surface area contributed by atoms with Crippen molar-refractivity contribution >= 4 is 6.03 Å². The van der Waals surface area contributed by atoms with Gasteiger partial charge in [-0.15, -0.1) is 0 Å².